The van der Waals surface area contributed by atoms with Crippen LogP contribution in [0.5, 0.6) is 0 Å². The molecule has 2 rings (SSSR count). The van der Waals surface area contributed by atoms with Gasteiger partial charge in [0, 0.05) is 22.1 Å². The molecular weight excluding hydrogens is 267 g/mol. The third-order valence-corrected chi connectivity index (χ3v) is 3.32. The molecule has 0 aliphatic carbocycles. The van der Waals surface area contributed by atoms with Crippen LogP contribution in [0.1, 0.15) is 23.2 Å². The van der Waals surface area contributed by atoms with Crippen molar-refractivity contribution in [1.29, 1.82) is 0 Å². The third kappa shape index (κ3) is 3.03. The normalized spacial score (nSPS) is 14.2. The Bertz CT molecular complexity index is 493. The summed E-state index contributed by atoms with van der Waals surface area (Å²) in [5.41, 5.74) is 14.1. The van der Waals surface area contributed by atoms with Gasteiger partial charge in [-0.15, -0.1) is 0 Å². The van der Waals surface area contributed by atoms with Crippen molar-refractivity contribution in [1.82, 2.24) is 0 Å². The van der Waals surface area contributed by atoms with Crippen molar-refractivity contribution >= 4 is 23.2 Å². The zero-order chi connectivity index (χ0) is 13.1. The molecule has 0 fully saturated rings. The van der Waals surface area contributed by atoms with Crippen molar-refractivity contribution < 1.29 is 0 Å². The van der Waals surface area contributed by atoms with E-state index in [1.54, 1.807) is 0 Å². The van der Waals surface area contributed by atoms with Gasteiger partial charge < -0.3 is 11.5 Å². The maximum absolute atomic E-state index is 6.16. The Morgan fingerprint density at radius 2 is 1.11 bits per heavy atom. The third-order valence-electron chi connectivity index (χ3n) is 2.85. The fourth-order valence-electron chi connectivity index (χ4n) is 1.84. The summed E-state index contributed by atoms with van der Waals surface area (Å²) in [6.45, 7) is 0. The first kappa shape index (κ1) is 13.4. The van der Waals surface area contributed by atoms with E-state index in [1.807, 2.05) is 48.5 Å². The van der Waals surface area contributed by atoms with E-state index in [4.69, 9.17) is 34.7 Å². The molecular formula is C14H14Cl2N2. The van der Waals surface area contributed by atoms with Gasteiger partial charge >= 0.3 is 0 Å². The first-order valence-electron chi connectivity index (χ1n) is 5.60. The minimum absolute atomic E-state index is 0.317. The maximum Gasteiger partial charge on any atom is 0.0491 e. The summed E-state index contributed by atoms with van der Waals surface area (Å²) < 4.78 is 0. The summed E-state index contributed by atoms with van der Waals surface area (Å²) in [6.07, 6.45) is 0. The molecule has 0 heterocycles. The molecule has 0 aromatic heterocycles. The SMILES string of the molecule is N[C@H](c1cccc(Cl)c1)[C@H](N)c1cccc(Cl)c1. The highest BCUT2D eigenvalue weighted by Gasteiger charge is 2.17. The fourth-order valence-corrected chi connectivity index (χ4v) is 2.24. The van der Waals surface area contributed by atoms with E-state index < -0.39 is 0 Å². The molecule has 18 heavy (non-hydrogen) atoms. The van der Waals surface area contributed by atoms with Crippen LogP contribution in [0.15, 0.2) is 48.5 Å². The number of hydrogen-bond acceptors (Lipinski definition) is 2. The average Bonchev–Trinajstić information content (AvgIpc) is 2.37. The van der Waals surface area contributed by atoms with Gasteiger partial charge in [0.25, 0.3) is 0 Å². The lowest BCUT2D eigenvalue weighted by atomic mass is 9.95. The van der Waals surface area contributed by atoms with Crippen molar-refractivity contribution in [3.05, 3.63) is 69.7 Å². The van der Waals surface area contributed by atoms with E-state index in [0.29, 0.717) is 10.0 Å². The highest BCUT2D eigenvalue weighted by Crippen LogP contribution is 2.27. The van der Waals surface area contributed by atoms with Crippen LogP contribution in [0, 0.1) is 0 Å². The Labute approximate surface area is 117 Å². The summed E-state index contributed by atoms with van der Waals surface area (Å²) in [7, 11) is 0. The van der Waals surface area contributed by atoms with Crippen LogP contribution < -0.4 is 11.5 Å². The number of rotatable bonds is 3. The largest absolute Gasteiger partial charge is 0.322 e. The van der Waals surface area contributed by atoms with E-state index in [0.717, 1.165) is 11.1 Å². The van der Waals surface area contributed by atoms with Gasteiger partial charge in [0.05, 0.1) is 0 Å². The van der Waals surface area contributed by atoms with Crippen LogP contribution in [-0.4, -0.2) is 0 Å². The van der Waals surface area contributed by atoms with Crippen molar-refractivity contribution in [3.8, 4) is 0 Å². The molecule has 4 N–H and O–H groups in total. The molecule has 0 bridgehead atoms. The van der Waals surface area contributed by atoms with Crippen molar-refractivity contribution in [2.75, 3.05) is 0 Å². The van der Waals surface area contributed by atoms with E-state index in [1.165, 1.54) is 0 Å². The molecule has 94 valence electrons. The molecule has 0 aliphatic heterocycles. The van der Waals surface area contributed by atoms with Gasteiger partial charge in [-0.05, 0) is 35.4 Å². The predicted octanol–water partition coefficient (Wildman–Crippen LogP) is 3.69. The van der Waals surface area contributed by atoms with Crippen molar-refractivity contribution in [3.63, 3.8) is 0 Å². The van der Waals surface area contributed by atoms with E-state index in [2.05, 4.69) is 0 Å². The van der Waals surface area contributed by atoms with Gasteiger partial charge in [-0.1, -0.05) is 47.5 Å². The molecule has 4 heteroatoms. The van der Waals surface area contributed by atoms with Crippen molar-refractivity contribution in [2.24, 2.45) is 11.5 Å². The first-order valence-corrected chi connectivity index (χ1v) is 6.35. The van der Waals surface area contributed by atoms with E-state index >= 15 is 0 Å². The molecule has 2 atom stereocenters. The Morgan fingerprint density at radius 1 is 0.722 bits per heavy atom. The Hall–Kier alpha value is -1.06. The summed E-state index contributed by atoms with van der Waals surface area (Å²) in [4.78, 5) is 0. The number of hydrogen-bond donors (Lipinski definition) is 2. The molecule has 0 aliphatic rings. The molecule has 0 radical (unpaired) electrons. The Kier molecular flexibility index (Phi) is 4.25. The second kappa shape index (κ2) is 5.72. The standard InChI is InChI=1S/C14H14Cl2N2/c15-11-5-1-3-9(7-11)13(17)14(18)10-4-2-6-12(16)8-10/h1-8,13-14H,17-18H2/t13-,14-/m1/s1. The molecule has 2 nitrogen and oxygen atoms in total. The lowest BCUT2D eigenvalue weighted by Crippen LogP contribution is -2.26. The van der Waals surface area contributed by atoms with Gasteiger partial charge in [-0.2, -0.15) is 0 Å². The lowest BCUT2D eigenvalue weighted by molar-refractivity contribution is 0.574. The molecule has 2 aromatic carbocycles. The van der Waals surface area contributed by atoms with Gasteiger partial charge in [0.2, 0.25) is 0 Å². The van der Waals surface area contributed by atoms with Gasteiger partial charge in [0.1, 0.15) is 0 Å². The molecule has 2 aromatic rings. The van der Waals surface area contributed by atoms with Crippen LogP contribution in [0.3, 0.4) is 0 Å². The minimum Gasteiger partial charge on any atom is -0.322 e. The van der Waals surface area contributed by atoms with Gasteiger partial charge in [0.15, 0.2) is 0 Å². The summed E-state index contributed by atoms with van der Waals surface area (Å²) >= 11 is 11.9. The Morgan fingerprint density at radius 3 is 1.44 bits per heavy atom. The molecule has 0 saturated heterocycles. The zero-order valence-electron chi connectivity index (χ0n) is 9.68. The summed E-state index contributed by atoms with van der Waals surface area (Å²) in [6, 6.07) is 14.2. The van der Waals surface area contributed by atoms with Crippen LogP contribution >= 0.6 is 23.2 Å². The molecule has 0 saturated carbocycles. The molecule has 0 spiro atoms. The van der Waals surface area contributed by atoms with E-state index in [-0.39, 0.29) is 12.1 Å². The predicted molar refractivity (Wildman–Crippen MR) is 76.8 cm³/mol. The number of benzene rings is 2. The first-order chi connectivity index (χ1) is 8.58. The molecule has 0 amide bonds. The minimum atomic E-state index is -0.317. The maximum atomic E-state index is 6.16. The summed E-state index contributed by atoms with van der Waals surface area (Å²) in [5.74, 6) is 0. The number of nitrogens with two attached hydrogens (primary N) is 2. The Balaban J connectivity index is 2.26. The highest BCUT2D eigenvalue weighted by atomic mass is 35.5. The van der Waals surface area contributed by atoms with Gasteiger partial charge in [-0.25, -0.2) is 0 Å². The quantitative estimate of drug-likeness (QED) is 0.901. The highest BCUT2D eigenvalue weighted by molar-refractivity contribution is 6.30. The fraction of sp³-hybridized carbons (Fsp3) is 0.143. The van der Waals surface area contributed by atoms with E-state index in [9.17, 15) is 0 Å². The van der Waals surface area contributed by atoms with Crippen LogP contribution in [0.4, 0.5) is 0 Å². The van der Waals surface area contributed by atoms with Gasteiger partial charge in [-0.3, -0.25) is 0 Å². The van der Waals surface area contributed by atoms with Crippen molar-refractivity contribution in [2.45, 2.75) is 12.1 Å². The van der Waals surface area contributed by atoms with Crippen LogP contribution in [0.25, 0.3) is 0 Å². The summed E-state index contributed by atoms with van der Waals surface area (Å²) in [5, 5.41) is 1.31. The second-order valence-electron chi connectivity index (χ2n) is 4.16. The average molecular weight is 281 g/mol. The topological polar surface area (TPSA) is 52.0 Å². The zero-order valence-corrected chi connectivity index (χ0v) is 11.2. The number of halogens is 2. The smallest absolute Gasteiger partial charge is 0.0491 e. The molecule has 0 unspecified atom stereocenters. The monoisotopic (exact) mass is 280 g/mol. The second-order valence-corrected chi connectivity index (χ2v) is 5.03. The van der Waals surface area contributed by atoms with Crippen LogP contribution in [-0.2, 0) is 0 Å². The van der Waals surface area contributed by atoms with Crippen LogP contribution in [0.2, 0.25) is 10.0 Å². The lowest BCUT2D eigenvalue weighted by Gasteiger charge is -2.21.